The van der Waals surface area contributed by atoms with Gasteiger partial charge in [0.1, 0.15) is 5.75 Å². The molecule has 1 N–H and O–H groups in total. The average molecular weight is 421 g/mol. The molecule has 1 atom stereocenters. The molecule has 0 aromatic heterocycles. The molecule has 2 heteroatoms. The van der Waals surface area contributed by atoms with Crippen molar-refractivity contribution in [2.24, 2.45) is 5.92 Å². The van der Waals surface area contributed by atoms with Crippen LogP contribution in [0.2, 0.25) is 0 Å². The minimum Gasteiger partial charge on any atom is -0.507 e. The van der Waals surface area contributed by atoms with E-state index < -0.39 is 0 Å². The summed E-state index contributed by atoms with van der Waals surface area (Å²) >= 11 is 0. The van der Waals surface area contributed by atoms with Gasteiger partial charge in [-0.2, -0.15) is 0 Å². The molecule has 31 heavy (non-hydrogen) atoms. The third-order valence-electron chi connectivity index (χ3n) is 6.35. The summed E-state index contributed by atoms with van der Waals surface area (Å²) in [5.41, 5.74) is 7.03. The summed E-state index contributed by atoms with van der Waals surface area (Å²) in [5.74, 6) is 0.869. The highest BCUT2D eigenvalue weighted by molar-refractivity contribution is 5.97. The number of carbonyl (C=O) groups excluding carboxylic acids is 1. The summed E-state index contributed by atoms with van der Waals surface area (Å²) < 4.78 is 0. The number of rotatable bonds is 9. The molecule has 1 aliphatic carbocycles. The van der Waals surface area contributed by atoms with E-state index in [-0.39, 0.29) is 11.5 Å². The number of hydrogen-bond acceptors (Lipinski definition) is 2. The standard InChI is InChI=1S/C29H40O2/c1-4-7-8-9-10-11-15-24-20-21-26(22-27(30)18-12-16-23(24)6-3)28-19-13-17-25(14-5-2)29(28)31/h5,13-14,17,19,22,24,31H,3-4,7-12,15-16,18,20-21H2,1-2H3. The molecule has 168 valence electrons. The van der Waals surface area contributed by atoms with Crippen LogP contribution >= 0.6 is 0 Å². The van der Waals surface area contributed by atoms with Crippen molar-refractivity contribution in [1.82, 2.24) is 0 Å². The van der Waals surface area contributed by atoms with Gasteiger partial charge in [0, 0.05) is 17.5 Å². The van der Waals surface area contributed by atoms with Crippen molar-refractivity contribution in [1.29, 1.82) is 0 Å². The van der Waals surface area contributed by atoms with E-state index in [1.807, 2.05) is 37.3 Å². The maximum absolute atomic E-state index is 12.6. The predicted molar refractivity (Wildman–Crippen MR) is 133 cm³/mol. The van der Waals surface area contributed by atoms with Gasteiger partial charge in [-0.15, -0.1) is 5.73 Å². The van der Waals surface area contributed by atoms with Crippen LogP contribution in [0.15, 0.2) is 48.2 Å². The lowest BCUT2D eigenvalue weighted by atomic mass is 9.83. The van der Waals surface area contributed by atoms with Gasteiger partial charge in [0.2, 0.25) is 0 Å². The zero-order valence-electron chi connectivity index (χ0n) is 19.6. The van der Waals surface area contributed by atoms with E-state index in [0.29, 0.717) is 12.3 Å². The molecule has 2 rings (SSSR count). The van der Waals surface area contributed by atoms with E-state index in [4.69, 9.17) is 0 Å². The third kappa shape index (κ3) is 8.04. The lowest BCUT2D eigenvalue weighted by Crippen LogP contribution is -2.08. The van der Waals surface area contributed by atoms with E-state index in [1.54, 1.807) is 6.08 Å². The van der Waals surface area contributed by atoms with Crippen molar-refractivity contribution in [3.05, 3.63) is 59.4 Å². The van der Waals surface area contributed by atoms with E-state index in [0.717, 1.165) is 48.8 Å². The highest BCUT2D eigenvalue weighted by Gasteiger charge is 2.19. The zero-order valence-corrected chi connectivity index (χ0v) is 19.6. The smallest absolute Gasteiger partial charge is 0.155 e. The highest BCUT2D eigenvalue weighted by Crippen LogP contribution is 2.36. The number of carbonyl (C=O) groups is 1. The maximum atomic E-state index is 12.6. The number of aromatic hydroxyl groups is 1. The number of para-hydroxylation sites is 1. The fourth-order valence-corrected chi connectivity index (χ4v) is 4.57. The number of ketones is 1. The summed E-state index contributed by atoms with van der Waals surface area (Å²) in [6.07, 6.45) is 18.6. The molecule has 0 amide bonds. The summed E-state index contributed by atoms with van der Waals surface area (Å²) in [5, 5.41) is 10.8. The Labute approximate surface area is 189 Å². The number of hydrogen-bond donors (Lipinski definition) is 1. The Balaban J connectivity index is 2.19. The van der Waals surface area contributed by atoms with Gasteiger partial charge in [0.15, 0.2) is 5.78 Å². The summed E-state index contributed by atoms with van der Waals surface area (Å²) in [7, 11) is 0. The van der Waals surface area contributed by atoms with E-state index in [2.05, 4.69) is 19.2 Å². The monoisotopic (exact) mass is 420 g/mol. The average Bonchev–Trinajstić information content (AvgIpc) is 2.77. The first-order chi connectivity index (χ1) is 15.1. The minimum atomic E-state index is 0.142. The fraction of sp³-hybridized carbons (Fsp3) is 0.517. The quantitative estimate of drug-likeness (QED) is 0.321. The molecule has 0 fully saturated rings. The first kappa shape index (κ1) is 25.0. The predicted octanol–water partition coefficient (Wildman–Crippen LogP) is 8.42. The first-order valence-electron chi connectivity index (χ1n) is 12.2. The van der Waals surface area contributed by atoms with Crippen molar-refractivity contribution < 1.29 is 9.90 Å². The van der Waals surface area contributed by atoms with Crippen LogP contribution in [-0.4, -0.2) is 10.9 Å². The fourth-order valence-electron chi connectivity index (χ4n) is 4.57. The van der Waals surface area contributed by atoms with Gasteiger partial charge in [-0.3, -0.25) is 4.79 Å². The van der Waals surface area contributed by atoms with Gasteiger partial charge in [0.25, 0.3) is 0 Å². The Morgan fingerprint density at radius 3 is 2.65 bits per heavy atom. The Morgan fingerprint density at radius 2 is 1.90 bits per heavy atom. The topological polar surface area (TPSA) is 37.3 Å². The molecule has 2 nitrogen and oxygen atoms in total. The van der Waals surface area contributed by atoms with Crippen LogP contribution in [0.25, 0.3) is 11.6 Å². The third-order valence-corrected chi connectivity index (χ3v) is 6.35. The van der Waals surface area contributed by atoms with E-state index in [9.17, 15) is 9.90 Å². The van der Waals surface area contributed by atoms with Crippen LogP contribution in [0.4, 0.5) is 0 Å². The molecular formula is C29H40O2. The number of benzene rings is 1. The van der Waals surface area contributed by atoms with Crippen LogP contribution < -0.4 is 0 Å². The second-order valence-electron chi connectivity index (χ2n) is 8.73. The Morgan fingerprint density at radius 1 is 1.13 bits per heavy atom. The molecule has 0 spiro atoms. The minimum absolute atomic E-state index is 0.142. The van der Waals surface area contributed by atoms with Crippen molar-refractivity contribution in [3.8, 4) is 5.75 Å². The molecule has 0 radical (unpaired) electrons. The van der Waals surface area contributed by atoms with Gasteiger partial charge >= 0.3 is 0 Å². The highest BCUT2D eigenvalue weighted by atomic mass is 16.3. The Kier molecular flexibility index (Phi) is 11.2. The van der Waals surface area contributed by atoms with Crippen molar-refractivity contribution in [2.45, 2.75) is 90.9 Å². The van der Waals surface area contributed by atoms with Crippen LogP contribution in [0.3, 0.4) is 0 Å². The van der Waals surface area contributed by atoms with Crippen LogP contribution in [-0.2, 0) is 4.79 Å². The Bertz CT molecular complexity index is 821. The van der Waals surface area contributed by atoms with E-state index in [1.165, 1.54) is 44.1 Å². The number of phenols is 1. The molecular weight excluding hydrogens is 380 g/mol. The van der Waals surface area contributed by atoms with Crippen molar-refractivity contribution in [3.63, 3.8) is 0 Å². The van der Waals surface area contributed by atoms with Gasteiger partial charge in [-0.05, 0) is 62.2 Å². The second-order valence-corrected chi connectivity index (χ2v) is 8.73. The van der Waals surface area contributed by atoms with Crippen molar-refractivity contribution in [2.75, 3.05) is 0 Å². The lowest BCUT2D eigenvalue weighted by molar-refractivity contribution is -0.114. The molecule has 1 unspecified atom stereocenters. The molecule has 0 saturated heterocycles. The van der Waals surface area contributed by atoms with Gasteiger partial charge in [0.05, 0.1) is 0 Å². The molecule has 0 saturated carbocycles. The molecule has 0 heterocycles. The van der Waals surface area contributed by atoms with Gasteiger partial charge in [-0.25, -0.2) is 0 Å². The summed E-state index contributed by atoms with van der Waals surface area (Å²) in [6, 6.07) is 5.79. The number of allylic oxidation sites excluding steroid dienone is 4. The van der Waals surface area contributed by atoms with Gasteiger partial charge in [-0.1, -0.05) is 82.4 Å². The number of phenolic OH excluding ortho intramolecular Hbond substituents is 1. The molecule has 1 aromatic rings. The SMILES string of the molecule is C=C=C1CCCC(=O)C=C(c2cccc(C=CC)c2O)CCC1CCCCCCCC. The van der Waals surface area contributed by atoms with Crippen LogP contribution in [0.1, 0.15) is 102 Å². The van der Waals surface area contributed by atoms with Crippen LogP contribution in [0.5, 0.6) is 5.75 Å². The van der Waals surface area contributed by atoms with Crippen molar-refractivity contribution >= 4 is 17.4 Å². The largest absolute Gasteiger partial charge is 0.507 e. The summed E-state index contributed by atoms with van der Waals surface area (Å²) in [4.78, 5) is 12.6. The second kappa shape index (κ2) is 13.9. The lowest BCUT2D eigenvalue weighted by Gasteiger charge is -2.22. The Hall–Kier alpha value is -2.31. The molecule has 0 aliphatic heterocycles. The van der Waals surface area contributed by atoms with Gasteiger partial charge < -0.3 is 5.11 Å². The summed E-state index contributed by atoms with van der Waals surface area (Å²) in [6.45, 7) is 8.15. The molecule has 0 bridgehead atoms. The maximum Gasteiger partial charge on any atom is 0.155 e. The van der Waals surface area contributed by atoms with E-state index >= 15 is 0 Å². The molecule has 1 aliphatic rings. The zero-order chi connectivity index (χ0) is 22.5. The van der Waals surface area contributed by atoms with Crippen LogP contribution in [0, 0.1) is 5.92 Å². The molecule has 1 aromatic carbocycles. The first-order valence-corrected chi connectivity index (χ1v) is 12.2. The number of unbranched alkanes of at least 4 members (excludes halogenated alkanes) is 5. The normalized spacial score (nSPS) is 18.1.